The molecule has 110 valence electrons. The molecule has 0 bridgehead atoms. The van der Waals surface area contributed by atoms with Gasteiger partial charge in [-0.05, 0) is 27.6 Å². The Morgan fingerprint density at radius 2 is 2.05 bits per heavy atom. The van der Waals surface area contributed by atoms with E-state index in [9.17, 15) is 9.90 Å². The van der Waals surface area contributed by atoms with Crippen molar-refractivity contribution in [3.05, 3.63) is 64.4 Å². The standard InChI is InChI=1S/C16H17BrN2O2/c1-19(16(21)13-8-14(17)10-18-9-13)11-15(20)7-12-5-3-2-4-6-12/h2-6,8-10,15,20H,7,11H2,1H3/t15-/m0/s1. The highest BCUT2D eigenvalue weighted by Gasteiger charge is 2.16. The first kappa shape index (κ1) is 15.7. The van der Waals surface area contributed by atoms with Crippen LogP contribution >= 0.6 is 15.9 Å². The van der Waals surface area contributed by atoms with Crippen molar-refractivity contribution in [2.24, 2.45) is 0 Å². The maximum atomic E-state index is 12.2. The van der Waals surface area contributed by atoms with Crippen molar-refractivity contribution >= 4 is 21.8 Å². The van der Waals surface area contributed by atoms with E-state index < -0.39 is 6.10 Å². The molecule has 0 saturated heterocycles. The Kier molecular flexibility index (Phi) is 5.47. The van der Waals surface area contributed by atoms with Crippen LogP contribution < -0.4 is 0 Å². The minimum absolute atomic E-state index is 0.157. The number of likely N-dealkylation sites (N-methyl/N-ethyl adjacent to an activating group) is 1. The fourth-order valence-electron chi connectivity index (χ4n) is 2.10. The highest BCUT2D eigenvalue weighted by Crippen LogP contribution is 2.12. The van der Waals surface area contributed by atoms with Gasteiger partial charge in [-0.15, -0.1) is 0 Å². The first-order valence-corrected chi connectivity index (χ1v) is 7.43. The average Bonchev–Trinajstić information content (AvgIpc) is 2.47. The van der Waals surface area contributed by atoms with Crippen LogP contribution in [0, 0.1) is 0 Å². The van der Waals surface area contributed by atoms with Crippen molar-refractivity contribution in [1.82, 2.24) is 9.88 Å². The molecule has 0 saturated carbocycles. The lowest BCUT2D eigenvalue weighted by Crippen LogP contribution is -2.35. The minimum atomic E-state index is -0.596. The summed E-state index contributed by atoms with van der Waals surface area (Å²) in [4.78, 5) is 17.7. The number of aliphatic hydroxyl groups excluding tert-OH is 1. The Morgan fingerprint density at radius 3 is 2.71 bits per heavy atom. The molecular formula is C16H17BrN2O2. The van der Waals surface area contributed by atoms with Crippen LogP contribution in [0.1, 0.15) is 15.9 Å². The molecule has 0 fully saturated rings. The second-order valence-corrected chi connectivity index (χ2v) is 5.84. The van der Waals surface area contributed by atoms with Gasteiger partial charge >= 0.3 is 0 Å². The van der Waals surface area contributed by atoms with E-state index in [-0.39, 0.29) is 12.5 Å². The van der Waals surface area contributed by atoms with E-state index in [0.29, 0.717) is 12.0 Å². The van der Waals surface area contributed by atoms with Crippen molar-refractivity contribution in [2.75, 3.05) is 13.6 Å². The molecule has 21 heavy (non-hydrogen) atoms. The summed E-state index contributed by atoms with van der Waals surface area (Å²) in [7, 11) is 1.68. The molecule has 1 N–H and O–H groups in total. The molecule has 0 aliphatic heterocycles. The van der Waals surface area contributed by atoms with Crippen LogP contribution in [-0.2, 0) is 6.42 Å². The molecule has 0 aliphatic carbocycles. The number of amides is 1. The monoisotopic (exact) mass is 348 g/mol. The van der Waals surface area contributed by atoms with E-state index in [1.165, 1.54) is 11.1 Å². The van der Waals surface area contributed by atoms with Crippen LogP contribution in [0.3, 0.4) is 0 Å². The summed E-state index contributed by atoms with van der Waals surface area (Å²) in [6.45, 7) is 0.278. The Bertz CT molecular complexity index is 604. The third-order valence-electron chi connectivity index (χ3n) is 3.10. The summed E-state index contributed by atoms with van der Waals surface area (Å²) >= 11 is 3.29. The zero-order chi connectivity index (χ0) is 15.2. The molecule has 0 aliphatic rings. The lowest BCUT2D eigenvalue weighted by Gasteiger charge is -2.21. The maximum Gasteiger partial charge on any atom is 0.255 e. The number of carbonyl (C=O) groups excluding carboxylic acids is 1. The number of hydrogen-bond donors (Lipinski definition) is 1. The van der Waals surface area contributed by atoms with Crippen LogP contribution in [0.4, 0.5) is 0 Å². The third kappa shape index (κ3) is 4.65. The summed E-state index contributed by atoms with van der Waals surface area (Å²) in [5.74, 6) is -0.157. The van der Waals surface area contributed by atoms with Crippen molar-refractivity contribution in [3.8, 4) is 0 Å². The highest BCUT2D eigenvalue weighted by molar-refractivity contribution is 9.10. The molecule has 0 radical (unpaired) electrons. The van der Waals surface area contributed by atoms with Crippen LogP contribution in [0.25, 0.3) is 0 Å². The van der Waals surface area contributed by atoms with Gasteiger partial charge in [0.15, 0.2) is 0 Å². The average molecular weight is 349 g/mol. The van der Waals surface area contributed by atoms with Gasteiger partial charge < -0.3 is 10.0 Å². The van der Waals surface area contributed by atoms with E-state index in [1.807, 2.05) is 30.3 Å². The summed E-state index contributed by atoms with van der Waals surface area (Å²) < 4.78 is 0.756. The Balaban J connectivity index is 1.94. The SMILES string of the molecule is CN(C[C@@H](O)Cc1ccccc1)C(=O)c1cncc(Br)c1. The number of carbonyl (C=O) groups is 1. The first-order chi connectivity index (χ1) is 10.1. The lowest BCUT2D eigenvalue weighted by atomic mass is 10.1. The van der Waals surface area contributed by atoms with Gasteiger partial charge in [-0.3, -0.25) is 9.78 Å². The van der Waals surface area contributed by atoms with Gasteiger partial charge in [0.25, 0.3) is 5.91 Å². The van der Waals surface area contributed by atoms with Crippen molar-refractivity contribution in [2.45, 2.75) is 12.5 Å². The number of hydrogen-bond acceptors (Lipinski definition) is 3. The number of rotatable bonds is 5. The van der Waals surface area contributed by atoms with Crippen LogP contribution in [0.5, 0.6) is 0 Å². The lowest BCUT2D eigenvalue weighted by molar-refractivity contribution is 0.0681. The zero-order valence-electron chi connectivity index (χ0n) is 11.7. The van der Waals surface area contributed by atoms with Gasteiger partial charge in [-0.2, -0.15) is 0 Å². The quantitative estimate of drug-likeness (QED) is 0.903. The predicted octanol–water partition coefficient (Wildman–Crippen LogP) is 2.52. The molecule has 1 aromatic heterocycles. The molecule has 2 rings (SSSR count). The Hall–Kier alpha value is -1.72. The Labute approximate surface area is 132 Å². The highest BCUT2D eigenvalue weighted by atomic mass is 79.9. The molecule has 0 spiro atoms. The van der Waals surface area contributed by atoms with Crippen molar-refractivity contribution in [3.63, 3.8) is 0 Å². The summed E-state index contributed by atoms with van der Waals surface area (Å²) in [5.41, 5.74) is 1.55. The van der Waals surface area contributed by atoms with Gasteiger partial charge in [-0.25, -0.2) is 0 Å². The normalized spacial score (nSPS) is 12.0. The van der Waals surface area contributed by atoms with Crippen LogP contribution in [0.2, 0.25) is 0 Å². The Morgan fingerprint density at radius 1 is 1.33 bits per heavy atom. The van der Waals surface area contributed by atoms with E-state index in [2.05, 4.69) is 20.9 Å². The van der Waals surface area contributed by atoms with Gasteiger partial charge in [0.1, 0.15) is 0 Å². The maximum absolute atomic E-state index is 12.2. The number of nitrogens with zero attached hydrogens (tertiary/aromatic N) is 2. The number of aromatic nitrogens is 1. The van der Waals surface area contributed by atoms with E-state index >= 15 is 0 Å². The molecule has 1 amide bonds. The second-order valence-electron chi connectivity index (χ2n) is 4.92. The molecule has 1 heterocycles. The molecule has 5 heteroatoms. The molecular weight excluding hydrogens is 332 g/mol. The van der Waals surface area contributed by atoms with Gasteiger partial charge in [0.05, 0.1) is 11.7 Å². The summed E-state index contributed by atoms with van der Waals surface area (Å²) in [6, 6.07) is 11.4. The van der Waals surface area contributed by atoms with Gasteiger partial charge in [0.2, 0.25) is 0 Å². The molecule has 4 nitrogen and oxygen atoms in total. The fraction of sp³-hybridized carbons (Fsp3) is 0.250. The number of pyridine rings is 1. The van der Waals surface area contributed by atoms with E-state index in [1.54, 1.807) is 19.3 Å². The smallest absolute Gasteiger partial charge is 0.255 e. The van der Waals surface area contributed by atoms with Crippen LogP contribution in [0.15, 0.2) is 53.3 Å². The van der Waals surface area contributed by atoms with E-state index in [4.69, 9.17) is 0 Å². The molecule has 0 unspecified atom stereocenters. The van der Waals surface area contributed by atoms with Crippen molar-refractivity contribution < 1.29 is 9.90 Å². The molecule has 2 aromatic rings. The molecule has 1 aromatic carbocycles. The topological polar surface area (TPSA) is 53.4 Å². The second kappa shape index (κ2) is 7.33. The zero-order valence-corrected chi connectivity index (χ0v) is 13.3. The van der Waals surface area contributed by atoms with Gasteiger partial charge in [0, 0.05) is 36.9 Å². The van der Waals surface area contributed by atoms with Gasteiger partial charge in [-0.1, -0.05) is 30.3 Å². The van der Waals surface area contributed by atoms with Crippen LogP contribution in [-0.4, -0.2) is 40.6 Å². The minimum Gasteiger partial charge on any atom is -0.391 e. The predicted molar refractivity (Wildman–Crippen MR) is 85.1 cm³/mol. The van der Waals surface area contributed by atoms with Crippen molar-refractivity contribution in [1.29, 1.82) is 0 Å². The first-order valence-electron chi connectivity index (χ1n) is 6.64. The van der Waals surface area contributed by atoms with E-state index in [0.717, 1.165) is 10.0 Å². The number of aliphatic hydroxyl groups is 1. The number of benzene rings is 1. The fourth-order valence-corrected chi connectivity index (χ4v) is 2.46. The summed E-state index contributed by atoms with van der Waals surface area (Å²) in [6.07, 6.45) is 3.07. The number of halogens is 1. The third-order valence-corrected chi connectivity index (χ3v) is 3.53. The molecule has 1 atom stereocenters. The summed E-state index contributed by atoms with van der Waals surface area (Å²) in [5, 5.41) is 10.1. The largest absolute Gasteiger partial charge is 0.391 e.